The Morgan fingerprint density at radius 1 is 1.28 bits per heavy atom. The van der Waals surface area contributed by atoms with Crippen molar-refractivity contribution in [3.63, 3.8) is 0 Å². The number of amides is 2. The standard InChI is InChI=1S/C17H14N2O5S/c1-2-8-18-16(20)15(25-17(18)21)10-13-6-7-14(24-13)11-4-3-5-12(9-11)19(22)23/h3-7,9-10H,2,8H2,1H3/b15-10+. The molecule has 2 amide bonds. The number of nitrogens with zero attached hydrogens (tertiary/aromatic N) is 2. The summed E-state index contributed by atoms with van der Waals surface area (Å²) in [7, 11) is 0. The number of imide groups is 1. The monoisotopic (exact) mass is 358 g/mol. The number of carbonyl (C=O) groups excluding carboxylic acids is 2. The minimum atomic E-state index is -0.475. The summed E-state index contributed by atoms with van der Waals surface area (Å²) in [6.45, 7) is 2.28. The van der Waals surface area contributed by atoms with E-state index in [0.29, 0.717) is 35.0 Å². The molecule has 1 aliphatic rings. The number of benzene rings is 1. The number of hydrogen-bond acceptors (Lipinski definition) is 6. The van der Waals surface area contributed by atoms with Crippen LogP contribution in [0.5, 0.6) is 0 Å². The molecule has 0 spiro atoms. The largest absolute Gasteiger partial charge is 0.457 e. The Bertz CT molecular complexity index is 887. The van der Waals surface area contributed by atoms with Gasteiger partial charge in [0.15, 0.2) is 0 Å². The van der Waals surface area contributed by atoms with E-state index < -0.39 is 4.92 Å². The molecule has 0 radical (unpaired) electrons. The van der Waals surface area contributed by atoms with E-state index in [1.807, 2.05) is 6.92 Å². The van der Waals surface area contributed by atoms with Gasteiger partial charge in [-0.25, -0.2) is 0 Å². The Labute approximate surface area is 147 Å². The molecule has 0 unspecified atom stereocenters. The maximum absolute atomic E-state index is 12.2. The van der Waals surface area contributed by atoms with E-state index in [0.717, 1.165) is 11.8 Å². The highest BCUT2D eigenvalue weighted by Crippen LogP contribution is 2.33. The maximum atomic E-state index is 12.2. The topological polar surface area (TPSA) is 93.7 Å². The molecular weight excluding hydrogens is 344 g/mol. The summed E-state index contributed by atoms with van der Waals surface area (Å²) in [6.07, 6.45) is 2.21. The molecule has 25 heavy (non-hydrogen) atoms. The second-order valence-corrected chi connectivity index (χ2v) is 6.34. The molecule has 0 N–H and O–H groups in total. The van der Waals surface area contributed by atoms with Gasteiger partial charge in [0.1, 0.15) is 11.5 Å². The molecule has 0 bridgehead atoms. The summed E-state index contributed by atoms with van der Waals surface area (Å²) < 4.78 is 5.65. The van der Waals surface area contributed by atoms with Gasteiger partial charge in [0.05, 0.1) is 9.83 Å². The van der Waals surface area contributed by atoms with E-state index in [1.54, 1.807) is 24.3 Å². The van der Waals surface area contributed by atoms with Crippen molar-refractivity contribution < 1.29 is 18.9 Å². The van der Waals surface area contributed by atoms with Crippen LogP contribution >= 0.6 is 11.8 Å². The fourth-order valence-electron chi connectivity index (χ4n) is 2.40. The van der Waals surface area contributed by atoms with Gasteiger partial charge in [0, 0.05) is 30.3 Å². The van der Waals surface area contributed by atoms with Crippen molar-refractivity contribution in [3.8, 4) is 11.3 Å². The lowest BCUT2D eigenvalue weighted by atomic mass is 10.1. The fourth-order valence-corrected chi connectivity index (χ4v) is 3.25. The summed E-state index contributed by atoms with van der Waals surface area (Å²) in [5.41, 5.74) is 0.532. The summed E-state index contributed by atoms with van der Waals surface area (Å²) in [4.78, 5) is 35.9. The van der Waals surface area contributed by atoms with Crippen LogP contribution in [0, 0.1) is 10.1 Å². The van der Waals surface area contributed by atoms with Gasteiger partial charge in [-0.3, -0.25) is 24.6 Å². The third-order valence-electron chi connectivity index (χ3n) is 3.56. The van der Waals surface area contributed by atoms with Crippen LogP contribution in [0.15, 0.2) is 45.7 Å². The molecule has 0 atom stereocenters. The average Bonchev–Trinajstić information content (AvgIpc) is 3.16. The van der Waals surface area contributed by atoms with Crippen molar-refractivity contribution in [2.75, 3.05) is 6.54 Å². The zero-order valence-electron chi connectivity index (χ0n) is 13.3. The number of non-ortho nitro benzene ring substituents is 1. The zero-order valence-corrected chi connectivity index (χ0v) is 14.1. The van der Waals surface area contributed by atoms with Crippen LogP contribution < -0.4 is 0 Å². The Kier molecular flexibility index (Phi) is 4.71. The van der Waals surface area contributed by atoms with Crippen molar-refractivity contribution >= 4 is 34.7 Å². The van der Waals surface area contributed by atoms with E-state index in [4.69, 9.17) is 4.42 Å². The van der Waals surface area contributed by atoms with Crippen LogP contribution in [0.1, 0.15) is 19.1 Å². The fraction of sp³-hybridized carbons (Fsp3) is 0.176. The van der Waals surface area contributed by atoms with Gasteiger partial charge in [-0.1, -0.05) is 19.1 Å². The summed E-state index contributed by atoms with van der Waals surface area (Å²) in [6, 6.07) is 9.41. The highest BCUT2D eigenvalue weighted by Gasteiger charge is 2.34. The zero-order chi connectivity index (χ0) is 18.0. The number of furan rings is 1. The van der Waals surface area contributed by atoms with Crippen molar-refractivity contribution in [2.24, 2.45) is 0 Å². The van der Waals surface area contributed by atoms with Gasteiger partial charge >= 0.3 is 0 Å². The highest BCUT2D eigenvalue weighted by atomic mass is 32.2. The minimum Gasteiger partial charge on any atom is -0.457 e. The quantitative estimate of drug-likeness (QED) is 0.449. The van der Waals surface area contributed by atoms with Gasteiger partial charge in [0.25, 0.3) is 16.8 Å². The van der Waals surface area contributed by atoms with Crippen molar-refractivity contribution in [2.45, 2.75) is 13.3 Å². The van der Waals surface area contributed by atoms with E-state index in [-0.39, 0.29) is 16.8 Å². The van der Waals surface area contributed by atoms with Gasteiger partial charge in [0.2, 0.25) is 0 Å². The molecule has 1 aliphatic heterocycles. The number of carbonyl (C=O) groups is 2. The maximum Gasteiger partial charge on any atom is 0.293 e. The lowest BCUT2D eigenvalue weighted by Gasteiger charge is -2.09. The van der Waals surface area contributed by atoms with Crippen molar-refractivity contribution in [1.82, 2.24) is 4.90 Å². The van der Waals surface area contributed by atoms with Crippen LogP contribution in [-0.4, -0.2) is 27.5 Å². The summed E-state index contributed by atoms with van der Waals surface area (Å²) in [5, 5.41) is 10.6. The lowest BCUT2D eigenvalue weighted by Crippen LogP contribution is -2.28. The molecule has 128 valence electrons. The van der Waals surface area contributed by atoms with Crippen LogP contribution in [0.4, 0.5) is 10.5 Å². The first-order valence-corrected chi connectivity index (χ1v) is 8.41. The highest BCUT2D eigenvalue weighted by molar-refractivity contribution is 8.18. The van der Waals surface area contributed by atoms with Crippen LogP contribution in [0.2, 0.25) is 0 Å². The van der Waals surface area contributed by atoms with Gasteiger partial charge < -0.3 is 4.42 Å². The lowest BCUT2D eigenvalue weighted by molar-refractivity contribution is -0.384. The number of rotatable bonds is 5. The molecule has 2 heterocycles. The van der Waals surface area contributed by atoms with Gasteiger partial charge in [-0.05, 0) is 30.3 Å². The molecule has 1 fully saturated rings. The number of thioether (sulfide) groups is 1. The molecule has 7 nitrogen and oxygen atoms in total. The molecular formula is C17H14N2O5S. The normalized spacial score (nSPS) is 16.0. The predicted octanol–water partition coefficient (Wildman–Crippen LogP) is 4.30. The first kappa shape index (κ1) is 17.0. The second kappa shape index (κ2) is 6.94. The molecule has 1 aromatic heterocycles. The molecule has 0 aliphatic carbocycles. The van der Waals surface area contributed by atoms with E-state index >= 15 is 0 Å². The third-order valence-corrected chi connectivity index (χ3v) is 4.47. The number of nitro groups is 1. The van der Waals surface area contributed by atoms with E-state index in [2.05, 4.69) is 0 Å². The average molecular weight is 358 g/mol. The molecule has 0 saturated carbocycles. The van der Waals surface area contributed by atoms with Gasteiger partial charge in [-0.2, -0.15) is 0 Å². The Morgan fingerprint density at radius 2 is 2.08 bits per heavy atom. The molecule has 1 aromatic carbocycles. The summed E-state index contributed by atoms with van der Waals surface area (Å²) in [5.74, 6) is 0.524. The Morgan fingerprint density at radius 3 is 2.80 bits per heavy atom. The molecule has 2 aromatic rings. The van der Waals surface area contributed by atoms with Gasteiger partial charge in [-0.15, -0.1) is 0 Å². The van der Waals surface area contributed by atoms with Crippen molar-refractivity contribution in [3.05, 3.63) is 57.2 Å². The first-order valence-electron chi connectivity index (χ1n) is 7.59. The first-order chi connectivity index (χ1) is 12.0. The van der Waals surface area contributed by atoms with E-state index in [1.165, 1.54) is 23.1 Å². The Hall–Kier alpha value is -2.87. The minimum absolute atomic E-state index is 0.0314. The predicted molar refractivity (Wildman–Crippen MR) is 93.8 cm³/mol. The van der Waals surface area contributed by atoms with Crippen molar-refractivity contribution in [1.29, 1.82) is 0 Å². The summed E-state index contributed by atoms with van der Waals surface area (Å²) >= 11 is 0.877. The van der Waals surface area contributed by atoms with Crippen LogP contribution in [-0.2, 0) is 4.79 Å². The third kappa shape index (κ3) is 3.48. The number of hydrogen-bond donors (Lipinski definition) is 0. The smallest absolute Gasteiger partial charge is 0.293 e. The molecule has 1 saturated heterocycles. The molecule has 3 rings (SSSR count). The Balaban J connectivity index is 1.85. The number of nitro benzene ring substituents is 1. The second-order valence-electron chi connectivity index (χ2n) is 5.34. The van der Waals surface area contributed by atoms with E-state index in [9.17, 15) is 19.7 Å². The van der Waals surface area contributed by atoms with Crippen LogP contribution in [0.25, 0.3) is 17.4 Å². The SMILES string of the molecule is CCCN1C(=O)S/C(=C/c2ccc(-c3cccc([N+](=O)[O-])c3)o2)C1=O. The van der Waals surface area contributed by atoms with Crippen LogP contribution in [0.3, 0.4) is 0 Å². The molecule has 8 heteroatoms.